The molecule has 0 radical (unpaired) electrons. The minimum Gasteiger partial charge on any atom is -0.477 e. The van der Waals surface area contributed by atoms with Crippen molar-refractivity contribution in [2.24, 2.45) is 0 Å². The van der Waals surface area contributed by atoms with Gasteiger partial charge in [-0.2, -0.15) is 0 Å². The van der Waals surface area contributed by atoms with Gasteiger partial charge in [0.25, 0.3) is 0 Å². The first-order valence-electron chi connectivity index (χ1n) is 14.4. The van der Waals surface area contributed by atoms with Gasteiger partial charge in [0.2, 0.25) is 0 Å². The average Bonchev–Trinajstić information content (AvgIpc) is 3.83. The Bertz CT molecular complexity index is 1540. The molecule has 7 aliphatic rings. The first-order chi connectivity index (χ1) is 20.4. The summed E-state index contributed by atoms with van der Waals surface area (Å²) in [6, 6.07) is 2.81. The van der Waals surface area contributed by atoms with Crippen LogP contribution in [-0.2, 0) is 35.6 Å². The van der Waals surface area contributed by atoms with E-state index in [4.69, 9.17) is 28.4 Å². The van der Waals surface area contributed by atoms with Crippen molar-refractivity contribution in [3.8, 4) is 11.5 Å². The Morgan fingerprint density at radius 1 is 0.905 bits per heavy atom. The summed E-state index contributed by atoms with van der Waals surface area (Å²) < 4.78 is 34.6. The van der Waals surface area contributed by atoms with Crippen LogP contribution in [0.3, 0.4) is 0 Å². The molecule has 2 heterocycles. The molecule has 1 amide bonds. The van der Waals surface area contributed by atoms with Crippen molar-refractivity contribution in [2.75, 3.05) is 26.4 Å². The number of allylic oxidation sites excluding steroid dienone is 3. The number of piperidine rings is 1. The normalized spacial score (nSPS) is 30.0. The SMILES string of the molecule is O=C(OCC1=CC1)Oc1ccc2c3c1O[C@H]1C(=O)CCC4(OC(=O)OCC5=CC5)[C@@H](C2)N(C(=O)OCC2=CC2)CC[C@]314. The van der Waals surface area contributed by atoms with Gasteiger partial charge in [-0.05, 0) is 66.9 Å². The van der Waals surface area contributed by atoms with Crippen LogP contribution in [0.5, 0.6) is 11.5 Å². The topological polar surface area (TPSA) is 127 Å². The number of Topliss-reactive ketones (excluding diaryl/α,β-unsaturated/α-hetero) is 1. The van der Waals surface area contributed by atoms with Crippen LogP contribution in [0.25, 0.3) is 0 Å². The van der Waals surface area contributed by atoms with Gasteiger partial charge in [0, 0.05) is 18.5 Å². The highest BCUT2D eigenvalue weighted by molar-refractivity contribution is 5.91. The summed E-state index contributed by atoms with van der Waals surface area (Å²) in [5, 5.41) is 0. The molecule has 2 aliphatic heterocycles. The second-order valence-corrected chi connectivity index (χ2v) is 12.0. The zero-order valence-electron chi connectivity index (χ0n) is 22.8. The van der Waals surface area contributed by atoms with E-state index in [9.17, 15) is 19.2 Å². The summed E-state index contributed by atoms with van der Waals surface area (Å²) >= 11 is 0. The second kappa shape index (κ2) is 9.11. The molecule has 11 nitrogen and oxygen atoms in total. The predicted octanol–water partition coefficient (Wildman–Crippen LogP) is 4.21. The summed E-state index contributed by atoms with van der Waals surface area (Å²) in [7, 11) is 0. The monoisotopic (exact) mass is 575 g/mol. The Labute approximate surface area is 241 Å². The van der Waals surface area contributed by atoms with Crippen molar-refractivity contribution in [1.29, 1.82) is 0 Å². The third kappa shape index (κ3) is 3.93. The van der Waals surface area contributed by atoms with E-state index in [0.29, 0.717) is 12.0 Å². The third-order valence-electron chi connectivity index (χ3n) is 9.51. The standard InChI is InChI=1S/C31H29NO10/c33-21-9-10-31(42-29(36)39-16-19-5-6-19)23-13-20-7-8-22(40-28(35)38-15-18-3-4-18)25-24(20)30(31,26(21)41-25)11-12-32(23)27(34)37-14-17-1-2-17/h1,3,5,7-8,23,26H,2,4,6,9-16H2/t23-,26+,30+,31?/m1/s1. The Morgan fingerprint density at radius 2 is 1.57 bits per heavy atom. The van der Waals surface area contributed by atoms with E-state index in [-0.39, 0.29) is 62.9 Å². The minimum absolute atomic E-state index is 0.0772. The van der Waals surface area contributed by atoms with Gasteiger partial charge in [-0.25, -0.2) is 14.4 Å². The highest BCUT2D eigenvalue weighted by atomic mass is 16.7. The number of rotatable bonds is 8. The Kier molecular flexibility index (Phi) is 5.52. The molecule has 11 heteroatoms. The lowest BCUT2D eigenvalue weighted by Crippen LogP contribution is -2.78. The quantitative estimate of drug-likeness (QED) is 0.192. The Balaban J connectivity index is 1.19. The summed E-state index contributed by atoms with van der Waals surface area (Å²) in [6.45, 7) is 0.776. The molecule has 2 bridgehead atoms. The smallest absolute Gasteiger partial charge is 0.477 e. The maximum atomic E-state index is 13.5. The van der Waals surface area contributed by atoms with E-state index in [1.54, 1.807) is 11.0 Å². The van der Waals surface area contributed by atoms with E-state index in [0.717, 1.165) is 41.5 Å². The van der Waals surface area contributed by atoms with Crippen molar-refractivity contribution in [3.05, 3.63) is 58.2 Å². The van der Waals surface area contributed by atoms with E-state index in [1.807, 2.05) is 24.3 Å². The summed E-state index contributed by atoms with van der Waals surface area (Å²) in [5.41, 5.74) is 2.16. The molecule has 8 rings (SSSR count). The molecule has 42 heavy (non-hydrogen) atoms. The summed E-state index contributed by atoms with van der Waals surface area (Å²) in [6.07, 6.45) is 6.01. The van der Waals surface area contributed by atoms with Crippen LogP contribution in [-0.4, -0.2) is 73.2 Å². The predicted molar refractivity (Wildman–Crippen MR) is 142 cm³/mol. The highest BCUT2D eigenvalue weighted by Crippen LogP contribution is 2.66. The maximum Gasteiger partial charge on any atom is 0.514 e. The largest absolute Gasteiger partial charge is 0.514 e. The number of carbonyl (C=O) groups excluding carboxylic acids is 4. The number of likely N-dealkylation sites (tertiary alicyclic amines) is 1. The molecule has 1 saturated carbocycles. The van der Waals surface area contributed by atoms with Crippen molar-refractivity contribution < 1.29 is 47.6 Å². The van der Waals surface area contributed by atoms with Crippen LogP contribution in [0.15, 0.2) is 47.1 Å². The van der Waals surface area contributed by atoms with E-state index >= 15 is 0 Å². The molecule has 1 aromatic rings. The van der Waals surface area contributed by atoms with E-state index in [1.165, 1.54) is 0 Å². The molecule has 1 saturated heterocycles. The number of amides is 1. The van der Waals surface area contributed by atoms with Crippen LogP contribution < -0.4 is 9.47 Å². The molecule has 0 N–H and O–H groups in total. The molecule has 1 unspecified atom stereocenters. The molecule has 1 aromatic carbocycles. The van der Waals surface area contributed by atoms with Gasteiger partial charge in [0.05, 0.1) is 11.5 Å². The molecule has 4 atom stereocenters. The van der Waals surface area contributed by atoms with Gasteiger partial charge < -0.3 is 33.3 Å². The van der Waals surface area contributed by atoms with Gasteiger partial charge in [-0.1, -0.05) is 24.3 Å². The van der Waals surface area contributed by atoms with Crippen LogP contribution in [0, 0.1) is 0 Å². The minimum atomic E-state index is -1.33. The molecule has 2 fully saturated rings. The van der Waals surface area contributed by atoms with Crippen molar-refractivity contribution in [2.45, 2.75) is 68.1 Å². The van der Waals surface area contributed by atoms with E-state index < -0.39 is 41.6 Å². The fourth-order valence-corrected chi connectivity index (χ4v) is 7.20. The zero-order chi connectivity index (χ0) is 28.6. The van der Waals surface area contributed by atoms with Crippen LogP contribution >= 0.6 is 0 Å². The van der Waals surface area contributed by atoms with E-state index in [2.05, 4.69) is 0 Å². The lowest BCUT2D eigenvalue weighted by Gasteiger charge is -2.62. The molecular weight excluding hydrogens is 546 g/mol. The van der Waals surface area contributed by atoms with Crippen LogP contribution in [0.2, 0.25) is 0 Å². The zero-order valence-corrected chi connectivity index (χ0v) is 22.8. The lowest BCUT2D eigenvalue weighted by molar-refractivity contribution is -0.191. The maximum absolute atomic E-state index is 13.5. The van der Waals surface area contributed by atoms with Crippen LogP contribution in [0.1, 0.15) is 49.7 Å². The van der Waals surface area contributed by atoms with Gasteiger partial charge >= 0.3 is 18.4 Å². The fourth-order valence-electron chi connectivity index (χ4n) is 7.20. The number of hydrogen-bond donors (Lipinski definition) is 0. The Morgan fingerprint density at radius 3 is 2.26 bits per heavy atom. The lowest BCUT2D eigenvalue weighted by atomic mass is 9.49. The van der Waals surface area contributed by atoms with Crippen molar-refractivity contribution in [1.82, 2.24) is 4.90 Å². The summed E-state index contributed by atoms with van der Waals surface area (Å²) in [4.78, 5) is 54.4. The molecular formula is C31H29NO10. The van der Waals surface area contributed by atoms with Crippen molar-refractivity contribution in [3.63, 3.8) is 0 Å². The molecule has 0 aromatic heterocycles. The number of benzene rings is 1. The third-order valence-corrected chi connectivity index (χ3v) is 9.51. The first-order valence-corrected chi connectivity index (χ1v) is 14.4. The fraction of sp³-hybridized carbons (Fsp3) is 0.484. The average molecular weight is 576 g/mol. The highest BCUT2D eigenvalue weighted by Gasteiger charge is 2.76. The van der Waals surface area contributed by atoms with Crippen LogP contribution in [0.4, 0.5) is 14.4 Å². The van der Waals surface area contributed by atoms with Gasteiger partial charge in [0.1, 0.15) is 19.8 Å². The number of carbonyl (C=O) groups is 4. The summed E-state index contributed by atoms with van der Waals surface area (Å²) in [5.74, 6) is 0.268. The number of hydrogen-bond acceptors (Lipinski definition) is 10. The number of nitrogens with zero attached hydrogens (tertiary/aromatic N) is 1. The molecule has 1 spiro atoms. The molecule has 218 valence electrons. The van der Waals surface area contributed by atoms with Gasteiger partial charge in [-0.15, -0.1) is 0 Å². The number of ether oxygens (including phenoxy) is 6. The first kappa shape index (κ1) is 25.4. The Hall–Kier alpha value is -4.28. The van der Waals surface area contributed by atoms with Gasteiger partial charge in [-0.3, -0.25) is 4.79 Å². The molecule has 5 aliphatic carbocycles. The van der Waals surface area contributed by atoms with Gasteiger partial charge in [0.15, 0.2) is 29.0 Å². The van der Waals surface area contributed by atoms with Crippen molar-refractivity contribution >= 4 is 24.2 Å². The number of ketones is 1. The second-order valence-electron chi connectivity index (χ2n) is 12.0.